The number of nitrogens with zero attached hydrogens (tertiary/aromatic N) is 1. The third kappa shape index (κ3) is 3.15. The van der Waals surface area contributed by atoms with Gasteiger partial charge in [0.25, 0.3) is 0 Å². The van der Waals surface area contributed by atoms with Crippen LogP contribution in [0.25, 0.3) is 0 Å². The summed E-state index contributed by atoms with van der Waals surface area (Å²) < 4.78 is 6.70. The number of aliphatic hydroxyl groups is 1. The second kappa shape index (κ2) is 7.64. The molecule has 13 unspecified atom stereocenters. The minimum atomic E-state index is -0.997. The maximum Gasteiger partial charge on any atom is 0.181 e. The summed E-state index contributed by atoms with van der Waals surface area (Å²) in [6, 6.07) is 0.333. The van der Waals surface area contributed by atoms with Gasteiger partial charge in [-0.3, -0.25) is 5.43 Å². The summed E-state index contributed by atoms with van der Waals surface area (Å²) in [5, 5.41) is 18.3. The first kappa shape index (κ1) is 22.7. The Hall–Kier alpha value is -0.720. The zero-order valence-corrected chi connectivity index (χ0v) is 21.1. The average Bonchev–Trinajstić information content (AvgIpc) is 3.05. The Morgan fingerprint density at radius 2 is 1.82 bits per heavy atom. The highest BCUT2D eigenvalue weighted by molar-refractivity contribution is 5.15. The third-order valence-electron chi connectivity index (χ3n) is 12.2. The first-order valence-electron chi connectivity index (χ1n) is 13.9. The van der Waals surface area contributed by atoms with E-state index in [0.29, 0.717) is 40.4 Å². The zero-order valence-electron chi connectivity index (χ0n) is 21.1. The molecule has 4 saturated carbocycles. The van der Waals surface area contributed by atoms with Gasteiger partial charge in [0.05, 0.1) is 12.1 Å². The van der Waals surface area contributed by atoms with E-state index in [1.165, 1.54) is 32.1 Å². The van der Waals surface area contributed by atoms with Gasteiger partial charge in [-0.15, -0.1) is 4.91 Å². The Kier molecular flexibility index (Phi) is 5.26. The highest BCUT2D eigenvalue weighted by atomic mass is 16.6. The van der Waals surface area contributed by atoms with E-state index < -0.39 is 5.79 Å². The molecule has 0 amide bonds. The van der Waals surface area contributed by atoms with E-state index in [4.69, 9.17) is 4.74 Å². The number of hydrogen-bond acceptors (Lipinski definition) is 5. The Bertz CT molecular complexity index is 795. The Morgan fingerprint density at radius 1 is 1.03 bits per heavy atom. The van der Waals surface area contributed by atoms with Gasteiger partial charge >= 0.3 is 0 Å². The number of piperidine rings is 1. The minimum Gasteiger partial charge on any atom is -0.364 e. The van der Waals surface area contributed by atoms with Crippen molar-refractivity contribution in [3.8, 4) is 0 Å². The zero-order chi connectivity index (χ0) is 23.2. The number of nitrogens with one attached hydrogen (secondary N) is 2. The van der Waals surface area contributed by atoms with Gasteiger partial charge < -0.3 is 15.2 Å². The first-order chi connectivity index (χ1) is 15.7. The molecule has 186 valence electrons. The summed E-state index contributed by atoms with van der Waals surface area (Å²) in [7, 11) is 0. The summed E-state index contributed by atoms with van der Waals surface area (Å²) in [6.07, 6.45) is 10.8. The van der Waals surface area contributed by atoms with E-state index in [1.807, 2.05) is 0 Å². The van der Waals surface area contributed by atoms with Crippen molar-refractivity contribution in [3.63, 3.8) is 0 Å². The molecule has 0 aromatic rings. The molecule has 2 aliphatic heterocycles. The lowest BCUT2D eigenvalue weighted by Crippen LogP contribution is -2.68. The molecule has 0 spiro atoms. The minimum absolute atomic E-state index is 0.0608. The monoisotopic (exact) mass is 459 g/mol. The molecule has 0 bridgehead atoms. The summed E-state index contributed by atoms with van der Waals surface area (Å²) in [5.74, 6) is 3.43. The highest BCUT2D eigenvalue weighted by Gasteiger charge is 2.67. The van der Waals surface area contributed by atoms with Crippen LogP contribution in [0.1, 0.15) is 85.5 Å². The standard InChI is InChI=1S/C27H45N3O3/c1-15-13-27(31)24(28-14-15)16(2)23-22(33-27)12-21-19-6-5-17-11-18(29-30-32)7-9-25(17,3)20(19)8-10-26(21,23)4/h15-24,28,31H,5-14H2,1-4H3,(H,29,32). The quantitative estimate of drug-likeness (QED) is 0.415. The van der Waals surface area contributed by atoms with Crippen molar-refractivity contribution in [2.45, 2.75) is 109 Å². The molecule has 6 rings (SSSR count). The van der Waals surface area contributed by atoms with Crippen LogP contribution >= 0.6 is 0 Å². The molecule has 2 heterocycles. The third-order valence-corrected chi connectivity index (χ3v) is 12.2. The Morgan fingerprint density at radius 3 is 2.61 bits per heavy atom. The number of hydrogen-bond donors (Lipinski definition) is 3. The molecule has 6 heteroatoms. The van der Waals surface area contributed by atoms with Crippen LogP contribution in [-0.2, 0) is 4.74 Å². The highest BCUT2D eigenvalue weighted by Crippen LogP contribution is 2.70. The van der Waals surface area contributed by atoms with Crippen LogP contribution in [0, 0.1) is 57.2 Å². The summed E-state index contributed by atoms with van der Waals surface area (Å²) in [6.45, 7) is 10.8. The fourth-order valence-corrected chi connectivity index (χ4v) is 10.9. The van der Waals surface area contributed by atoms with Gasteiger partial charge in [0, 0.05) is 17.7 Å². The van der Waals surface area contributed by atoms with Gasteiger partial charge in [0.15, 0.2) is 5.79 Å². The summed E-state index contributed by atoms with van der Waals surface area (Å²) in [4.78, 5) is 10.8. The fourth-order valence-electron chi connectivity index (χ4n) is 10.9. The van der Waals surface area contributed by atoms with Crippen molar-refractivity contribution >= 4 is 0 Å². The van der Waals surface area contributed by atoms with Crippen molar-refractivity contribution < 1.29 is 9.84 Å². The molecule has 3 N–H and O–H groups in total. The van der Waals surface area contributed by atoms with Gasteiger partial charge in [-0.1, -0.05) is 27.7 Å². The number of fused-ring (bicyclic) bond motifs is 8. The van der Waals surface area contributed by atoms with Gasteiger partial charge in [-0.25, -0.2) is 0 Å². The number of nitroso groups, excluding NO2 is 1. The van der Waals surface area contributed by atoms with Gasteiger partial charge in [0.1, 0.15) is 0 Å². The molecule has 13 atom stereocenters. The van der Waals surface area contributed by atoms with Crippen LogP contribution < -0.4 is 10.7 Å². The summed E-state index contributed by atoms with van der Waals surface area (Å²) >= 11 is 0. The maximum atomic E-state index is 11.6. The molecule has 0 radical (unpaired) electrons. The van der Waals surface area contributed by atoms with Gasteiger partial charge in [-0.2, -0.15) is 0 Å². The van der Waals surface area contributed by atoms with E-state index in [-0.39, 0.29) is 18.2 Å². The van der Waals surface area contributed by atoms with Crippen LogP contribution in [0.4, 0.5) is 0 Å². The maximum absolute atomic E-state index is 11.6. The largest absolute Gasteiger partial charge is 0.364 e. The average molecular weight is 460 g/mol. The van der Waals surface area contributed by atoms with Crippen molar-refractivity contribution in [1.82, 2.24) is 10.7 Å². The Labute approximate surface area is 199 Å². The fraction of sp³-hybridized carbons (Fsp3) is 1.00. The van der Waals surface area contributed by atoms with Crippen molar-refractivity contribution in [1.29, 1.82) is 0 Å². The number of ether oxygens (including phenoxy) is 1. The van der Waals surface area contributed by atoms with Crippen LogP contribution in [0.15, 0.2) is 5.29 Å². The normalized spacial score (nSPS) is 59.9. The lowest BCUT2D eigenvalue weighted by molar-refractivity contribution is -0.310. The van der Waals surface area contributed by atoms with Crippen molar-refractivity contribution in [2.24, 2.45) is 57.5 Å². The molecule has 0 aromatic carbocycles. The van der Waals surface area contributed by atoms with E-state index in [0.717, 1.165) is 44.1 Å². The van der Waals surface area contributed by atoms with E-state index in [9.17, 15) is 10.0 Å². The molecule has 6 fully saturated rings. The second-order valence-electron chi connectivity index (χ2n) is 13.7. The van der Waals surface area contributed by atoms with Gasteiger partial charge in [-0.05, 0) is 110 Å². The first-order valence-corrected chi connectivity index (χ1v) is 13.9. The van der Waals surface area contributed by atoms with Crippen molar-refractivity contribution in [3.05, 3.63) is 4.91 Å². The predicted octanol–water partition coefficient (Wildman–Crippen LogP) is 4.62. The lowest BCUT2D eigenvalue weighted by Gasteiger charge is -2.62. The van der Waals surface area contributed by atoms with Gasteiger partial charge in [0.2, 0.25) is 0 Å². The van der Waals surface area contributed by atoms with Crippen LogP contribution in [0.3, 0.4) is 0 Å². The molecule has 4 aliphatic carbocycles. The van der Waals surface area contributed by atoms with E-state index in [1.54, 1.807) is 0 Å². The Balaban J connectivity index is 1.26. The molecule has 33 heavy (non-hydrogen) atoms. The second-order valence-corrected chi connectivity index (χ2v) is 13.7. The molecular formula is C27H45N3O3. The van der Waals surface area contributed by atoms with Crippen LogP contribution in [-0.4, -0.2) is 35.6 Å². The van der Waals surface area contributed by atoms with Crippen LogP contribution in [0.2, 0.25) is 0 Å². The molecular weight excluding hydrogens is 414 g/mol. The van der Waals surface area contributed by atoms with Crippen LogP contribution in [0.5, 0.6) is 0 Å². The molecule has 2 saturated heterocycles. The molecule has 0 aromatic heterocycles. The topological polar surface area (TPSA) is 83.0 Å². The molecule has 6 nitrogen and oxygen atoms in total. The number of rotatable bonds is 2. The predicted molar refractivity (Wildman–Crippen MR) is 128 cm³/mol. The van der Waals surface area contributed by atoms with E-state index >= 15 is 0 Å². The smallest absolute Gasteiger partial charge is 0.181 e. The lowest BCUT2D eigenvalue weighted by atomic mass is 9.44. The van der Waals surface area contributed by atoms with E-state index in [2.05, 4.69) is 43.7 Å². The SMILES string of the molecule is CC1CNC2C(C)C3C(CC4C5CCC6CC(NN=O)CCC6(C)C5CCC43C)OC2(O)C1. The summed E-state index contributed by atoms with van der Waals surface area (Å²) in [5.41, 5.74) is 3.56. The van der Waals surface area contributed by atoms with Crippen molar-refractivity contribution in [2.75, 3.05) is 6.54 Å². The molecule has 6 aliphatic rings.